The summed E-state index contributed by atoms with van der Waals surface area (Å²) in [7, 11) is 0. The molecule has 2 saturated carbocycles. The molecule has 10 heavy (non-hydrogen) atoms. The van der Waals surface area contributed by atoms with E-state index in [1.807, 2.05) is 0 Å². The van der Waals surface area contributed by atoms with Crippen molar-refractivity contribution in [3.63, 3.8) is 0 Å². The van der Waals surface area contributed by atoms with Crippen molar-refractivity contribution in [1.82, 2.24) is 0 Å². The Bertz CT molecular complexity index is 221. The third-order valence-electron chi connectivity index (χ3n) is 2.70. The minimum absolute atomic E-state index is 0.0509. The minimum atomic E-state index is -0.903. The summed E-state index contributed by atoms with van der Waals surface area (Å²) in [5.41, 5.74) is -0.903. The molecule has 0 aliphatic heterocycles. The summed E-state index contributed by atoms with van der Waals surface area (Å²) < 4.78 is 0. The normalized spacial score (nSPS) is 43.2. The van der Waals surface area contributed by atoms with E-state index in [9.17, 15) is 9.59 Å². The first-order valence-electron chi connectivity index (χ1n) is 3.44. The molecule has 54 valence electrons. The molecule has 3 nitrogen and oxygen atoms in total. The fourth-order valence-corrected chi connectivity index (χ4v) is 1.93. The molecular weight excluding hydrogens is 132 g/mol. The molecule has 2 rings (SSSR count). The van der Waals surface area contributed by atoms with Crippen molar-refractivity contribution in [3.8, 4) is 0 Å². The second kappa shape index (κ2) is 1.41. The lowest BCUT2D eigenvalue weighted by molar-refractivity contribution is -0.147. The van der Waals surface area contributed by atoms with Crippen LogP contribution in [-0.4, -0.2) is 16.9 Å². The molecule has 2 aliphatic carbocycles. The summed E-state index contributed by atoms with van der Waals surface area (Å²) in [5, 5.41) is 8.66. The SMILES string of the molecule is O=C(O)[C@]12C[C@H]1CCC2=O. The Hall–Kier alpha value is -0.860. The molecule has 0 aromatic rings. The number of hydrogen-bond donors (Lipinski definition) is 1. The Kier molecular flexibility index (Phi) is 0.832. The highest BCUT2D eigenvalue weighted by Gasteiger charge is 2.68. The molecule has 0 heterocycles. The molecule has 2 atom stereocenters. The first-order valence-corrected chi connectivity index (χ1v) is 3.44. The van der Waals surface area contributed by atoms with Gasteiger partial charge in [0, 0.05) is 6.42 Å². The number of carboxylic acid groups (broad SMARTS) is 1. The van der Waals surface area contributed by atoms with E-state index in [1.54, 1.807) is 0 Å². The minimum Gasteiger partial charge on any atom is -0.480 e. The number of aliphatic carboxylic acids is 1. The van der Waals surface area contributed by atoms with Gasteiger partial charge in [0.2, 0.25) is 0 Å². The Labute approximate surface area is 58.0 Å². The Morgan fingerprint density at radius 2 is 2.40 bits per heavy atom. The zero-order valence-corrected chi connectivity index (χ0v) is 5.46. The highest BCUT2D eigenvalue weighted by molar-refractivity contribution is 6.08. The van der Waals surface area contributed by atoms with E-state index in [2.05, 4.69) is 0 Å². The van der Waals surface area contributed by atoms with Gasteiger partial charge in [-0.1, -0.05) is 0 Å². The van der Waals surface area contributed by atoms with Gasteiger partial charge in [0.25, 0.3) is 0 Å². The van der Waals surface area contributed by atoms with Crippen LogP contribution in [0.3, 0.4) is 0 Å². The molecule has 0 saturated heterocycles. The molecule has 3 heteroatoms. The smallest absolute Gasteiger partial charge is 0.317 e. The van der Waals surface area contributed by atoms with Gasteiger partial charge in [-0.05, 0) is 18.8 Å². The lowest BCUT2D eigenvalue weighted by Gasteiger charge is -2.00. The van der Waals surface area contributed by atoms with Crippen LogP contribution < -0.4 is 0 Å². The van der Waals surface area contributed by atoms with Crippen molar-refractivity contribution in [3.05, 3.63) is 0 Å². The molecule has 0 aromatic heterocycles. The van der Waals surface area contributed by atoms with Crippen LogP contribution in [0, 0.1) is 11.3 Å². The maximum absolute atomic E-state index is 11.0. The van der Waals surface area contributed by atoms with Gasteiger partial charge in [0.15, 0.2) is 0 Å². The van der Waals surface area contributed by atoms with Gasteiger partial charge in [-0.25, -0.2) is 0 Å². The monoisotopic (exact) mass is 140 g/mol. The predicted molar refractivity (Wildman–Crippen MR) is 32.4 cm³/mol. The molecule has 0 amide bonds. The average molecular weight is 140 g/mol. The topological polar surface area (TPSA) is 54.4 Å². The van der Waals surface area contributed by atoms with Crippen molar-refractivity contribution in [2.45, 2.75) is 19.3 Å². The molecule has 0 radical (unpaired) electrons. The van der Waals surface area contributed by atoms with Gasteiger partial charge in [-0.3, -0.25) is 9.59 Å². The van der Waals surface area contributed by atoms with E-state index in [1.165, 1.54) is 0 Å². The fraction of sp³-hybridized carbons (Fsp3) is 0.714. The third-order valence-corrected chi connectivity index (χ3v) is 2.70. The summed E-state index contributed by atoms with van der Waals surface area (Å²) in [6, 6.07) is 0. The predicted octanol–water partition coefficient (Wildman–Crippen LogP) is 0.440. The van der Waals surface area contributed by atoms with Gasteiger partial charge in [0.1, 0.15) is 11.2 Å². The van der Waals surface area contributed by atoms with Gasteiger partial charge in [-0.15, -0.1) is 0 Å². The number of ketones is 1. The molecule has 1 N–H and O–H groups in total. The summed E-state index contributed by atoms with van der Waals surface area (Å²) in [6.07, 6.45) is 1.88. The second-order valence-corrected chi connectivity index (χ2v) is 3.14. The second-order valence-electron chi connectivity index (χ2n) is 3.14. The molecule has 0 unspecified atom stereocenters. The van der Waals surface area contributed by atoms with Crippen LogP contribution in [0.5, 0.6) is 0 Å². The van der Waals surface area contributed by atoms with Crippen LogP contribution in [0.15, 0.2) is 0 Å². The number of Topliss-reactive ketones (excluding diaryl/α,β-unsaturated/α-hetero) is 1. The van der Waals surface area contributed by atoms with Crippen LogP contribution >= 0.6 is 0 Å². The lowest BCUT2D eigenvalue weighted by Crippen LogP contribution is -2.22. The van der Waals surface area contributed by atoms with Gasteiger partial charge in [-0.2, -0.15) is 0 Å². The summed E-state index contributed by atoms with van der Waals surface area (Å²) >= 11 is 0. The molecule has 2 fully saturated rings. The maximum Gasteiger partial charge on any atom is 0.317 e. The molecular formula is C7H8O3. The van der Waals surface area contributed by atoms with Crippen molar-refractivity contribution >= 4 is 11.8 Å². The summed E-state index contributed by atoms with van der Waals surface area (Å²) in [4.78, 5) is 21.6. The lowest BCUT2D eigenvalue weighted by atomic mass is 10.0. The quantitative estimate of drug-likeness (QED) is 0.537. The number of carbonyl (C=O) groups is 2. The van der Waals surface area contributed by atoms with E-state index in [0.29, 0.717) is 12.8 Å². The van der Waals surface area contributed by atoms with Crippen LogP contribution in [0.2, 0.25) is 0 Å². The maximum atomic E-state index is 11.0. The Balaban J connectivity index is 2.33. The highest BCUT2D eigenvalue weighted by Crippen LogP contribution is 2.61. The van der Waals surface area contributed by atoms with Crippen molar-refractivity contribution in [1.29, 1.82) is 0 Å². The Morgan fingerprint density at radius 3 is 2.60 bits per heavy atom. The highest BCUT2D eigenvalue weighted by atomic mass is 16.4. The summed E-state index contributed by atoms with van der Waals surface area (Å²) in [6.45, 7) is 0. The zero-order chi connectivity index (χ0) is 7.35. The van der Waals surface area contributed by atoms with Crippen molar-refractivity contribution in [2.24, 2.45) is 11.3 Å². The molecule has 2 aliphatic rings. The number of carboxylic acids is 1. The average Bonchev–Trinajstić information content (AvgIpc) is 2.52. The zero-order valence-electron chi connectivity index (χ0n) is 5.46. The molecule has 0 spiro atoms. The van der Waals surface area contributed by atoms with Crippen molar-refractivity contribution < 1.29 is 14.7 Å². The van der Waals surface area contributed by atoms with Gasteiger partial charge >= 0.3 is 5.97 Å². The Morgan fingerprint density at radius 1 is 1.70 bits per heavy atom. The van der Waals surface area contributed by atoms with E-state index in [4.69, 9.17) is 5.11 Å². The first-order chi connectivity index (χ1) is 4.68. The van der Waals surface area contributed by atoms with Gasteiger partial charge in [0.05, 0.1) is 0 Å². The standard InChI is InChI=1S/C7H8O3/c8-5-2-1-4-3-7(4,5)6(9)10/h4H,1-3H2,(H,9,10)/t4-,7-/m1/s1. The number of rotatable bonds is 1. The number of fused-ring (bicyclic) bond motifs is 1. The van der Waals surface area contributed by atoms with E-state index in [0.717, 1.165) is 6.42 Å². The number of hydrogen-bond acceptors (Lipinski definition) is 2. The van der Waals surface area contributed by atoms with E-state index >= 15 is 0 Å². The van der Waals surface area contributed by atoms with Crippen LogP contribution in [0.25, 0.3) is 0 Å². The van der Waals surface area contributed by atoms with Crippen molar-refractivity contribution in [2.75, 3.05) is 0 Å². The fourth-order valence-electron chi connectivity index (χ4n) is 1.93. The van der Waals surface area contributed by atoms with Gasteiger partial charge < -0.3 is 5.11 Å². The van der Waals surface area contributed by atoms with Crippen LogP contribution in [0.4, 0.5) is 0 Å². The summed E-state index contributed by atoms with van der Waals surface area (Å²) in [5.74, 6) is -0.775. The molecule has 0 bridgehead atoms. The van der Waals surface area contributed by atoms with Crippen LogP contribution in [0.1, 0.15) is 19.3 Å². The van der Waals surface area contributed by atoms with E-state index in [-0.39, 0.29) is 11.7 Å². The first kappa shape index (κ1) is 5.89. The number of carbonyl (C=O) groups excluding carboxylic acids is 1. The van der Waals surface area contributed by atoms with Crippen LogP contribution in [-0.2, 0) is 9.59 Å². The third kappa shape index (κ3) is 0.426. The largest absolute Gasteiger partial charge is 0.480 e. The molecule has 0 aromatic carbocycles. The van der Waals surface area contributed by atoms with E-state index < -0.39 is 11.4 Å².